The molecule has 0 radical (unpaired) electrons. The Labute approximate surface area is 103 Å². The van der Waals surface area contributed by atoms with Gasteiger partial charge in [-0.05, 0) is 18.2 Å². The molecule has 1 amide bonds. The largest absolute Gasteiger partial charge is 0.354 e. The Kier molecular flexibility index (Phi) is 3.40. The number of methoxy groups -OCH3 is 2. The summed E-state index contributed by atoms with van der Waals surface area (Å²) in [5.74, 6) is -1.85. The minimum atomic E-state index is -0.699. The molecule has 5 nitrogen and oxygen atoms in total. The summed E-state index contributed by atoms with van der Waals surface area (Å²) in [5.41, 5.74) is 0.455. The van der Waals surface area contributed by atoms with Crippen molar-refractivity contribution in [1.82, 2.24) is 0 Å². The molecule has 1 aromatic carbocycles. The maximum Gasteiger partial charge on any atom is 0.299 e. The molecule has 96 valence electrons. The average Bonchev–Trinajstić information content (AvgIpc) is 2.60. The summed E-state index contributed by atoms with van der Waals surface area (Å²) in [5, 5.41) is 0. The van der Waals surface area contributed by atoms with Crippen LogP contribution in [0.15, 0.2) is 18.2 Å². The summed E-state index contributed by atoms with van der Waals surface area (Å²) in [6, 6.07) is 3.61. The van der Waals surface area contributed by atoms with E-state index >= 15 is 0 Å². The van der Waals surface area contributed by atoms with Crippen molar-refractivity contribution in [2.24, 2.45) is 0 Å². The molecule has 1 aromatic rings. The highest BCUT2D eigenvalue weighted by molar-refractivity contribution is 6.52. The normalized spacial score (nSPS) is 14.6. The van der Waals surface area contributed by atoms with Crippen LogP contribution in [0.1, 0.15) is 10.4 Å². The van der Waals surface area contributed by atoms with Gasteiger partial charge in [-0.25, -0.2) is 4.39 Å². The second-order valence-electron chi connectivity index (χ2n) is 3.81. The molecule has 0 N–H and O–H groups in total. The predicted octanol–water partition coefficient (Wildman–Crippen LogP) is 0.974. The van der Waals surface area contributed by atoms with E-state index in [1.54, 1.807) is 0 Å². The van der Waals surface area contributed by atoms with Crippen LogP contribution in [0.25, 0.3) is 0 Å². The van der Waals surface area contributed by atoms with Crippen LogP contribution in [0, 0.1) is 5.82 Å². The highest BCUT2D eigenvalue weighted by atomic mass is 19.1. The predicted molar refractivity (Wildman–Crippen MR) is 60.9 cm³/mol. The van der Waals surface area contributed by atoms with Gasteiger partial charge in [0.2, 0.25) is 0 Å². The number of amides is 1. The number of Topliss-reactive ketones (excluding diaryl/α,β-unsaturated/α-hetero) is 1. The fourth-order valence-corrected chi connectivity index (χ4v) is 1.84. The van der Waals surface area contributed by atoms with Crippen molar-refractivity contribution in [2.45, 2.75) is 6.29 Å². The number of hydrogen-bond acceptors (Lipinski definition) is 4. The van der Waals surface area contributed by atoms with Gasteiger partial charge in [-0.3, -0.25) is 14.5 Å². The smallest absolute Gasteiger partial charge is 0.299 e. The molecule has 0 aromatic heterocycles. The Balaban J connectivity index is 2.35. The standard InChI is InChI=1S/C12H12FNO4/c1-17-10(18-2)6-14-9-5-7(13)3-4-8(9)11(15)12(14)16/h3-5,10H,6H2,1-2H3. The fourth-order valence-electron chi connectivity index (χ4n) is 1.84. The van der Waals surface area contributed by atoms with Gasteiger partial charge in [0, 0.05) is 14.2 Å². The summed E-state index contributed by atoms with van der Waals surface area (Å²) < 4.78 is 23.1. The van der Waals surface area contributed by atoms with Gasteiger partial charge >= 0.3 is 0 Å². The van der Waals surface area contributed by atoms with E-state index in [2.05, 4.69) is 0 Å². The molecule has 0 saturated heterocycles. The zero-order chi connectivity index (χ0) is 13.3. The molecule has 0 unspecified atom stereocenters. The number of rotatable bonds is 4. The molecule has 1 aliphatic heterocycles. The third-order valence-electron chi connectivity index (χ3n) is 2.79. The SMILES string of the molecule is COC(CN1C(=O)C(=O)c2ccc(F)cc21)OC. The Bertz CT molecular complexity index is 499. The topological polar surface area (TPSA) is 55.8 Å². The van der Waals surface area contributed by atoms with E-state index in [1.807, 2.05) is 0 Å². The number of carbonyl (C=O) groups is 2. The van der Waals surface area contributed by atoms with Crippen LogP contribution in [-0.4, -0.2) is 38.7 Å². The highest BCUT2D eigenvalue weighted by Gasteiger charge is 2.37. The van der Waals surface area contributed by atoms with Gasteiger partial charge < -0.3 is 9.47 Å². The van der Waals surface area contributed by atoms with Crippen molar-refractivity contribution < 1.29 is 23.5 Å². The van der Waals surface area contributed by atoms with Crippen LogP contribution in [0.3, 0.4) is 0 Å². The molecule has 0 fully saturated rings. The molecular weight excluding hydrogens is 241 g/mol. The Morgan fingerprint density at radius 1 is 1.28 bits per heavy atom. The number of halogens is 1. The number of hydrogen-bond donors (Lipinski definition) is 0. The first-order valence-corrected chi connectivity index (χ1v) is 5.29. The Morgan fingerprint density at radius 2 is 1.94 bits per heavy atom. The van der Waals surface area contributed by atoms with E-state index in [9.17, 15) is 14.0 Å². The third-order valence-corrected chi connectivity index (χ3v) is 2.79. The van der Waals surface area contributed by atoms with Gasteiger partial charge in [0.15, 0.2) is 6.29 Å². The Hall–Kier alpha value is -1.79. The maximum absolute atomic E-state index is 13.2. The number of carbonyl (C=O) groups excluding carboxylic acids is 2. The van der Waals surface area contributed by atoms with E-state index in [0.717, 1.165) is 12.1 Å². The average molecular weight is 253 g/mol. The lowest BCUT2D eigenvalue weighted by Crippen LogP contribution is -2.38. The summed E-state index contributed by atoms with van der Waals surface area (Å²) in [7, 11) is 2.84. The zero-order valence-electron chi connectivity index (χ0n) is 9.97. The van der Waals surface area contributed by atoms with Crippen LogP contribution in [0.2, 0.25) is 0 Å². The monoisotopic (exact) mass is 253 g/mol. The molecule has 2 rings (SSSR count). The van der Waals surface area contributed by atoms with Crippen LogP contribution in [0.4, 0.5) is 10.1 Å². The van der Waals surface area contributed by atoms with Gasteiger partial charge in [-0.1, -0.05) is 0 Å². The summed E-state index contributed by atoms with van der Waals surface area (Å²) >= 11 is 0. The summed E-state index contributed by atoms with van der Waals surface area (Å²) in [4.78, 5) is 24.6. The third kappa shape index (κ3) is 2.00. The first-order chi connectivity index (χ1) is 8.58. The van der Waals surface area contributed by atoms with Crippen LogP contribution < -0.4 is 4.90 Å². The molecule has 0 saturated carbocycles. The second-order valence-corrected chi connectivity index (χ2v) is 3.81. The van der Waals surface area contributed by atoms with E-state index in [-0.39, 0.29) is 17.8 Å². The number of fused-ring (bicyclic) bond motifs is 1. The van der Waals surface area contributed by atoms with Crippen molar-refractivity contribution in [3.8, 4) is 0 Å². The molecule has 0 atom stereocenters. The minimum Gasteiger partial charge on any atom is -0.354 e. The first-order valence-electron chi connectivity index (χ1n) is 5.29. The molecule has 1 heterocycles. The molecular formula is C12H12FNO4. The molecule has 0 aliphatic carbocycles. The lowest BCUT2D eigenvalue weighted by molar-refractivity contribution is -0.119. The quantitative estimate of drug-likeness (QED) is 0.592. The number of ketones is 1. The Morgan fingerprint density at radius 3 is 2.56 bits per heavy atom. The number of nitrogens with zero attached hydrogens (tertiary/aromatic N) is 1. The molecule has 0 spiro atoms. The van der Waals surface area contributed by atoms with Crippen molar-refractivity contribution in [1.29, 1.82) is 0 Å². The maximum atomic E-state index is 13.2. The van der Waals surface area contributed by atoms with E-state index in [4.69, 9.17) is 9.47 Å². The van der Waals surface area contributed by atoms with Gasteiger partial charge in [-0.15, -0.1) is 0 Å². The molecule has 6 heteroatoms. The van der Waals surface area contributed by atoms with E-state index < -0.39 is 23.8 Å². The van der Waals surface area contributed by atoms with Crippen LogP contribution in [-0.2, 0) is 14.3 Å². The number of ether oxygens (including phenoxy) is 2. The summed E-state index contributed by atoms with van der Waals surface area (Å²) in [6.45, 7) is 0.0357. The van der Waals surface area contributed by atoms with Crippen LogP contribution in [0.5, 0.6) is 0 Å². The lowest BCUT2D eigenvalue weighted by atomic mass is 10.1. The van der Waals surface area contributed by atoms with Crippen molar-refractivity contribution in [3.63, 3.8) is 0 Å². The number of anilines is 1. The van der Waals surface area contributed by atoms with E-state index in [1.165, 1.54) is 25.2 Å². The molecule has 1 aliphatic rings. The van der Waals surface area contributed by atoms with Crippen molar-refractivity contribution in [3.05, 3.63) is 29.6 Å². The molecule has 0 bridgehead atoms. The van der Waals surface area contributed by atoms with Gasteiger partial charge in [-0.2, -0.15) is 0 Å². The molecule has 18 heavy (non-hydrogen) atoms. The lowest BCUT2D eigenvalue weighted by Gasteiger charge is -2.21. The van der Waals surface area contributed by atoms with Gasteiger partial charge in [0.25, 0.3) is 11.7 Å². The second kappa shape index (κ2) is 4.83. The van der Waals surface area contributed by atoms with E-state index in [0.29, 0.717) is 0 Å². The van der Waals surface area contributed by atoms with Crippen LogP contribution >= 0.6 is 0 Å². The van der Waals surface area contributed by atoms with Crippen molar-refractivity contribution in [2.75, 3.05) is 25.7 Å². The fraction of sp³-hybridized carbons (Fsp3) is 0.333. The summed E-state index contributed by atoms with van der Waals surface area (Å²) in [6.07, 6.45) is -0.670. The van der Waals surface area contributed by atoms with Gasteiger partial charge in [0.1, 0.15) is 5.82 Å². The zero-order valence-corrected chi connectivity index (χ0v) is 9.97. The minimum absolute atomic E-state index is 0.0357. The van der Waals surface area contributed by atoms with Crippen molar-refractivity contribution >= 4 is 17.4 Å². The highest BCUT2D eigenvalue weighted by Crippen LogP contribution is 2.29. The first kappa shape index (κ1) is 12.7. The van der Waals surface area contributed by atoms with Gasteiger partial charge in [0.05, 0.1) is 17.8 Å². The number of benzene rings is 1.